The molecule has 0 unspecified atom stereocenters. The van der Waals surface area contributed by atoms with Crippen LogP contribution >= 0.6 is 0 Å². The van der Waals surface area contributed by atoms with Crippen LogP contribution in [0.15, 0.2) is 0 Å². The Morgan fingerprint density at radius 2 is 2.25 bits per heavy atom. The zero-order chi connectivity index (χ0) is 5.98. The number of alkyl halides is 1. The lowest BCUT2D eigenvalue weighted by atomic mass is 9.91. The van der Waals surface area contributed by atoms with E-state index in [1.165, 1.54) is 6.41 Å². The Morgan fingerprint density at radius 1 is 1.62 bits per heavy atom. The molecule has 1 amide bonds. The molecule has 3 heteroatoms. The number of rotatable bonds is 2. The molecule has 1 N–H and O–H groups in total. The summed E-state index contributed by atoms with van der Waals surface area (Å²) in [6.45, 7) is 0. The molecule has 1 aliphatic carbocycles. The summed E-state index contributed by atoms with van der Waals surface area (Å²) in [6.07, 6.45) is 1.76. The fourth-order valence-corrected chi connectivity index (χ4v) is 0.750. The highest BCUT2D eigenvalue weighted by Crippen LogP contribution is 2.22. The van der Waals surface area contributed by atoms with Crippen molar-refractivity contribution in [3.8, 4) is 0 Å². The van der Waals surface area contributed by atoms with Gasteiger partial charge in [-0.15, -0.1) is 0 Å². The van der Waals surface area contributed by atoms with E-state index in [9.17, 15) is 9.18 Å². The van der Waals surface area contributed by atoms with E-state index >= 15 is 0 Å². The predicted octanol–water partition coefficient (Wildman–Crippen LogP) is 0.144. The molecular weight excluding hydrogens is 109 g/mol. The number of nitrogens with one attached hydrogen (secondary N) is 1. The molecule has 0 aromatic rings. The molecule has 45 valence electrons. The molecule has 1 radical (unpaired) electrons. The second kappa shape index (κ2) is 2.11. The van der Waals surface area contributed by atoms with Crippen LogP contribution in [0, 0.1) is 0 Å². The summed E-state index contributed by atoms with van der Waals surface area (Å²) in [4.78, 5) is 9.56. The summed E-state index contributed by atoms with van der Waals surface area (Å²) < 4.78 is 11.9. The summed E-state index contributed by atoms with van der Waals surface area (Å²) in [6, 6.07) is 0.0579. The highest BCUT2D eigenvalue weighted by Gasteiger charge is 2.27. The predicted molar refractivity (Wildman–Crippen MR) is 26.7 cm³/mol. The van der Waals surface area contributed by atoms with Crippen molar-refractivity contribution in [3.05, 3.63) is 0 Å². The molecular formula is C5H7FNO. The zero-order valence-corrected chi connectivity index (χ0v) is 4.36. The summed E-state index contributed by atoms with van der Waals surface area (Å²) in [5, 5.41) is 2.37. The van der Waals surface area contributed by atoms with Crippen LogP contribution in [0.4, 0.5) is 4.39 Å². The molecule has 0 heterocycles. The second-order valence-electron chi connectivity index (χ2n) is 2.01. The van der Waals surface area contributed by atoms with Gasteiger partial charge in [0.05, 0.1) is 0 Å². The van der Waals surface area contributed by atoms with Gasteiger partial charge in [-0.1, -0.05) is 0 Å². The molecule has 0 aromatic heterocycles. The molecule has 0 bridgehead atoms. The van der Waals surface area contributed by atoms with Crippen LogP contribution in [0.3, 0.4) is 0 Å². The van der Waals surface area contributed by atoms with Crippen molar-refractivity contribution in [3.63, 3.8) is 0 Å². The van der Waals surface area contributed by atoms with Crippen molar-refractivity contribution in [2.45, 2.75) is 25.1 Å². The quantitative estimate of drug-likeness (QED) is 0.511. The minimum absolute atomic E-state index is 0.0579. The number of hydrogen-bond donors (Lipinski definition) is 1. The van der Waals surface area contributed by atoms with Gasteiger partial charge in [0, 0.05) is 6.04 Å². The number of carbonyl (C=O) groups excluding carboxylic acids is 1. The van der Waals surface area contributed by atoms with Gasteiger partial charge in [-0.3, -0.25) is 4.79 Å². The van der Waals surface area contributed by atoms with Gasteiger partial charge in [-0.2, -0.15) is 0 Å². The average Bonchev–Trinajstić information content (AvgIpc) is 1.64. The second-order valence-corrected chi connectivity index (χ2v) is 2.01. The van der Waals surface area contributed by atoms with Gasteiger partial charge in [-0.05, 0) is 12.8 Å². The molecule has 2 nitrogen and oxygen atoms in total. The fraction of sp³-hybridized carbons (Fsp3) is 0.800. The molecule has 0 aromatic carbocycles. The van der Waals surface area contributed by atoms with E-state index in [4.69, 9.17) is 0 Å². The van der Waals surface area contributed by atoms with E-state index in [2.05, 4.69) is 5.32 Å². The molecule has 0 atom stereocenters. The first-order valence-electron chi connectivity index (χ1n) is 2.59. The molecule has 1 aliphatic rings. The zero-order valence-electron chi connectivity index (χ0n) is 4.36. The molecule has 0 spiro atoms. The van der Waals surface area contributed by atoms with Gasteiger partial charge in [0.25, 0.3) is 0 Å². The minimum atomic E-state index is -0.694. The van der Waals surface area contributed by atoms with E-state index in [1.54, 1.807) is 0 Å². The van der Waals surface area contributed by atoms with Gasteiger partial charge < -0.3 is 5.32 Å². The Morgan fingerprint density at radius 3 is 2.62 bits per heavy atom. The molecule has 1 rings (SSSR count). The smallest absolute Gasteiger partial charge is 0.309 e. The monoisotopic (exact) mass is 116 g/mol. The summed E-state index contributed by atoms with van der Waals surface area (Å²) in [5.41, 5.74) is 0. The maximum Gasteiger partial charge on any atom is 0.309 e. The highest BCUT2D eigenvalue weighted by molar-refractivity contribution is 5.48. The van der Waals surface area contributed by atoms with Crippen molar-refractivity contribution in [1.29, 1.82) is 0 Å². The van der Waals surface area contributed by atoms with Crippen LogP contribution in [0.5, 0.6) is 0 Å². The molecule has 1 fully saturated rings. The van der Waals surface area contributed by atoms with Gasteiger partial charge in [0.2, 0.25) is 0 Å². The SMILES string of the molecule is O=[C]NC1CC(F)C1. The van der Waals surface area contributed by atoms with Gasteiger partial charge in [0.1, 0.15) is 6.17 Å². The molecule has 1 saturated carbocycles. The Kier molecular flexibility index (Phi) is 1.46. The third-order valence-corrected chi connectivity index (χ3v) is 1.34. The van der Waals surface area contributed by atoms with Crippen LogP contribution in [0.1, 0.15) is 12.8 Å². The van der Waals surface area contributed by atoms with Crippen LogP contribution < -0.4 is 5.32 Å². The number of hydrogen-bond acceptors (Lipinski definition) is 1. The van der Waals surface area contributed by atoms with Crippen molar-refractivity contribution in [1.82, 2.24) is 5.32 Å². The lowest BCUT2D eigenvalue weighted by Gasteiger charge is -2.27. The highest BCUT2D eigenvalue weighted by atomic mass is 19.1. The number of amides is 1. The van der Waals surface area contributed by atoms with E-state index in [-0.39, 0.29) is 6.04 Å². The van der Waals surface area contributed by atoms with Crippen LogP contribution in [-0.4, -0.2) is 18.6 Å². The largest absolute Gasteiger partial charge is 0.345 e. The van der Waals surface area contributed by atoms with Crippen molar-refractivity contribution < 1.29 is 9.18 Å². The maximum absolute atomic E-state index is 11.9. The third-order valence-electron chi connectivity index (χ3n) is 1.34. The first-order chi connectivity index (χ1) is 3.83. The van der Waals surface area contributed by atoms with Gasteiger partial charge >= 0.3 is 6.41 Å². The first-order valence-corrected chi connectivity index (χ1v) is 2.59. The lowest BCUT2D eigenvalue weighted by Crippen LogP contribution is -2.41. The topological polar surface area (TPSA) is 29.1 Å². The fourth-order valence-electron chi connectivity index (χ4n) is 0.750. The third kappa shape index (κ3) is 0.967. The van der Waals surface area contributed by atoms with Crippen molar-refractivity contribution in [2.75, 3.05) is 0 Å². The van der Waals surface area contributed by atoms with Crippen molar-refractivity contribution in [2.24, 2.45) is 0 Å². The normalized spacial score (nSPS) is 35.6. The van der Waals surface area contributed by atoms with E-state index in [1.807, 2.05) is 0 Å². The lowest BCUT2D eigenvalue weighted by molar-refractivity contribution is 0.168. The van der Waals surface area contributed by atoms with E-state index in [0.29, 0.717) is 12.8 Å². The Labute approximate surface area is 47.1 Å². The Hall–Kier alpha value is -0.600. The summed E-state index contributed by atoms with van der Waals surface area (Å²) in [5.74, 6) is 0. The average molecular weight is 116 g/mol. The van der Waals surface area contributed by atoms with Gasteiger partial charge in [-0.25, -0.2) is 4.39 Å². The maximum atomic E-state index is 11.9. The van der Waals surface area contributed by atoms with E-state index < -0.39 is 6.17 Å². The van der Waals surface area contributed by atoms with Gasteiger partial charge in [0.15, 0.2) is 0 Å². The Bertz CT molecular complexity index is 90.4. The molecule has 0 saturated heterocycles. The summed E-state index contributed by atoms with van der Waals surface area (Å²) in [7, 11) is 0. The summed E-state index contributed by atoms with van der Waals surface area (Å²) >= 11 is 0. The molecule has 8 heavy (non-hydrogen) atoms. The van der Waals surface area contributed by atoms with Crippen molar-refractivity contribution >= 4 is 6.41 Å². The number of halogens is 1. The van der Waals surface area contributed by atoms with Crippen LogP contribution in [0.2, 0.25) is 0 Å². The van der Waals surface area contributed by atoms with E-state index in [0.717, 1.165) is 0 Å². The first kappa shape index (κ1) is 5.54. The molecule has 0 aliphatic heterocycles. The van der Waals surface area contributed by atoms with Crippen LogP contribution in [-0.2, 0) is 4.79 Å². The Balaban J connectivity index is 2.06. The van der Waals surface area contributed by atoms with Crippen LogP contribution in [0.25, 0.3) is 0 Å². The minimum Gasteiger partial charge on any atom is -0.345 e. The standard InChI is InChI=1S/C5H7FNO/c6-4-1-5(2-4)7-3-8/h4-5H,1-2H2,(H,7,8).